The second kappa shape index (κ2) is 2.80. The molecule has 2 unspecified atom stereocenters. The Kier molecular flexibility index (Phi) is 2.68. The van der Waals surface area contributed by atoms with Gasteiger partial charge in [0.15, 0.2) is 0 Å². The van der Waals surface area contributed by atoms with E-state index in [4.69, 9.17) is 4.74 Å². The molecule has 0 amide bonds. The third kappa shape index (κ3) is 2.40. The third-order valence-corrected chi connectivity index (χ3v) is 1.01. The lowest BCUT2D eigenvalue weighted by molar-refractivity contribution is 0.389. The van der Waals surface area contributed by atoms with Gasteiger partial charge >= 0.3 is 0 Å². The van der Waals surface area contributed by atoms with Gasteiger partial charge in [-0.3, -0.25) is 0 Å². The maximum Gasteiger partial charge on any atom is 0.0811 e. The van der Waals surface area contributed by atoms with Gasteiger partial charge in [0.05, 0.1) is 12.2 Å². The molecule has 1 heteroatoms. The van der Waals surface area contributed by atoms with Gasteiger partial charge in [0.2, 0.25) is 0 Å². The monoisotopic (exact) mass is 100 g/mol. The van der Waals surface area contributed by atoms with E-state index >= 15 is 0 Å². The summed E-state index contributed by atoms with van der Waals surface area (Å²) >= 11 is 0. The van der Waals surface area contributed by atoms with Gasteiger partial charge in [0.1, 0.15) is 0 Å². The molecule has 0 bridgehead atoms. The Bertz CT molecular complexity index is 46.1. The highest BCUT2D eigenvalue weighted by Gasteiger charge is 2.27. The maximum absolute atomic E-state index is 4.92. The van der Waals surface area contributed by atoms with E-state index in [0.29, 0.717) is 12.2 Å². The predicted octanol–water partition coefficient (Wildman–Crippen LogP) is 1.60. The van der Waals surface area contributed by atoms with Crippen molar-refractivity contribution in [3.8, 4) is 0 Å². The van der Waals surface area contributed by atoms with Crippen LogP contribution in [0.3, 0.4) is 0 Å². The minimum absolute atomic E-state index is 0.551. The van der Waals surface area contributed by atoms with Gasteiger partial charge in [0.25, 0.3) is 0 Å². The fourth-order valence-corrected chi connectivity index (χ4v) is 0.293. The minimum Gasteiger partial charge on any atom is -0.370 e. The van der Waals surface area contributed by atoms with Crippen LogP contribution in [-0.4, -0.2) is 12.2 Å². The molecule has 1 aliphatic rings. The first-order valence-corrected chi connectivity index (χ1v) is 2.46. The maximum atomic E-state index is 4.92. The molecule has 1 heterocycles. The highest BCUT2D eigenvalue weighted by atomic mass is 16.6. The summed E-state index contributed by atoms with van der Waals surface area (Å²) in [6.45, 7) is 10.1. The summed E-state index contributed by atoms with van der Waals surface area (Å²) in [5, 5.41) is 0. The SMILES string of the molecule is C=C.CC1OC1C. The summed E-state index contributed by atoms with van der Waals surface area (Å²) in [5.41, 5.74) is 0. The van der Waals surface area contributed by atoms with E-state index in [1.54, 1.807) is 0 Å². The van der Waals surface area contributed by atoms with Crippen molar-refractivity contribution >= 4 is 0 Å². The summed E-state index contributed by atoms with van der Waals surface area (Å²) in [6, 6.07) is 0. The van der Waals surface area contributed by atoms with Crippen LogP contribution < -0.4 is 0 Å². The molecule has 0 aromatic heterocycles. The molecule has 2 atom stereocenters. The van der Waals surface area contributed by atoms with Crippen molar-refractivity contribution in [2.45, 2.75) is 26.1 Å². The van der Waals surface area contributed by atoms with E-state index in [-0.39, 0.29) is 0 Å². The van der Waals surface area contributed by atoms with E-state index in [1.165, 1.54) is 0 Å². The largest absolute Gasteiger partial charge is 0.370 e. The Labute approximate surface area is 45.0 Å². The van der Waals surface area contributed by atoms with Gasteiger partial charge in [-0.15, -0.1) is 13.2 Å². The molecular weight excluding hydrogens is 88.1 g/mol. The molecular formula is C6H12O. The van der Waals surface area contributed by atoms with E-state index in [2.05, 4.69) is 27.0 Å². The molecule has 1 aliphatic heterocycles. The predicted molar refractivity (Wildman–Crippen MR) is 31.3 cm³/mol. The van der Waals surface area contributed by atoms with E-state index in [1.807, 2.05) is 0 Å². The van der Waals surface area contributed by atoms with E-state index in [9.17, 15) is 0 Å². The van der Waals surface area contributed by atoms with Crippen LogP contribution in [0, 0.1) is 0 Å². The fourth-order valence-electron chi connectivity index (χ4n) is 0.293. The molecule has 0 N–H and O–H groups in total. The first-order valence-electron chi connectivity index (χ1n) is 2.46. The molecule has 42 valence electrons. The van der Waals surface area contributed by atoms with Crippen LogP contribution in [0.25, 0.3) is 0 Å². The Morgan fingerprint density at radius 3 is 1.29 bits per heavy atom. The second-order valence-electron chi connectivity index (χ2n) is 1.55. The molecule has 1 fully saturated rings. The van der Waals surface area contributed by atoms with Gasteiger partial charge in [0, 0.05) is 0 Å². The summed E-state index contributed by atoms with van der Waals surface area (Å²) < 4.78 is 4.92. The van der Waals surface area contributed by atoms with Gasteiger partial charge in [-0.25, -0.2) is 0 Å². The fraction of sp³-hybridized carbons (Fsp3) is 0.667. The zero-order valence-electron chi connectivity index (χ0n) is 4.98. The van der Waals surface area contributed by atoms with Crippen molar-refractivity contribution < 1.29 is 4.74 Å². The Morgan fingerprint density at radius 1 is 1.14 bits per heavy atom. The Hall–Kier alpha value is -0.300. The van der Waals surface area contributed by atoms with Gasteiger partial charge in [-0.1, -0.05) is 0 Å². The lowest BCUT2D eigenvalue weighted by Gasteiger charge is -1.57. The van der Waals surface area contributed by atoms with Crippen molar-refractivity contribution in [3.05, 3.63) is 13.2 Å². The highest BCUT2D eigenvalue weighted by Crippen LogP contribution is 2.18. The molecule has 0 radical (unpaired) electrons. The van der Waals surface area contributed by atoms with Crippen molar-refractivity contribution in [2.24, 2.45) is 0 Å². The van der Waals surface area contributed by atoms with E-state index < -0.39 is 0 Å². The average Bonchev–Trinajstić information content (AvgIpc) is 2.27. The van der Waals surface area contributed by atoms with Crippen LogP contribution in [0.2, 0.25) is 0 Å². The van der Waals surface area contributed by atoms with Crippen LogP contribution in [-0.2, 0) is 4.74 Å². The van der Waals surface area contributed by atoms with E-state index in [0.717, 1.165) is 0 Å². The smallest absolute Gasteiger partial charge is 0.0811 e. The van der Waals surface area contributed by atoms with Gasteiger partial charge in [-0.05, 0) is 13.8 Å². The lowest BCUT2D eigenvalue weighted by Crippen LogP contribution is -1.74. The van der Waals surface area contributed by atoms with Gasteiger partial charge in [-0.2, -0.15) is 0 Å². The number of hydrogen-bond donors (Lipinski definition) is 0. The van der Waals surface area contributed by atoms with Crippen molar-refractivity contribution in [1.29, 1.82) is 0 Å². The van der Waals surface area contributed by atoms with Crippen molar-refractivity contribution in [2.75, 3.05) is 0 Å². The van der Waals surface area contributed by atoms with Crippen LogP contribution >= 0.6 is 0 Å². The number of hydrogen-bond acceptors (Lipinski definition) is 1. The van der Waals surface area contributed by atoms with Crippen LogP contribution in [0.1, 0.15) is 13.8 Å². The van der Waals surface area contributed by atoms with Crippen LogP contribution in [0.5, 0.6) is 0 Å². The molecule has 0 aliphatic carbocycles. The summed E-state index contributed by atoms with van der Waals surface area (Å²) in [4.78, 5) is 0. The van der Waals surface area contributed by atoms with Crippen molar-refractivity contribution in [1.82, 2.24) is 0 Å². The topological polar surface area (TPSA) is 12.5 Å². The molecule has 0 saturated carbocycles. The summed E-state index contributed by atoms with van der Waals surface area (Å²) in [5.74, 6) is 0. The zero-order chi connectivity index (χ0) is 5.86. The summed E-state index contributed by atoms with van der Waals surface area (Å²) in [6.07, 6.45) is 1.10. The molecule has 1 rings (SSSR count). The molecule has 1 nitrogen and oxygen atoms in total. The standard InChI is InChI=1S/C4H8O.C2H4/c1-3-4(2)5-3;1-2/h3-4H,1-2H3;1-2H2. The molecule has 0 aromatic rings. The van der Waals surface area contributed by atoms with Gasteiger partial charge < -0.3 is 4.74 Å². The van der Waals surface area contributed by atoms with Crippen LogP contribution in [0.4, 0.5) is 0 Å². The Morgan fingerprint density at radius 2 is 1.29 bits per heavy atom. The molecule has 7 heavy (non-hydrogen) atoms. The molecule has 1 saturated heterocycles. The zero-order valence-corrected chi connectivity index (χ0v) is 4.98. The minimum atomic E-state index is 0.551. The summed E-state index contributed by atoms with van der Waals surface area (Å²) in [7, 11) is 0. The normalized spacial score (nSPS) is 35.7. The number of rotatable bonds is 0. The quantitative estimate of drug-likeness (QED) is 0.332. The first kappa shape index (κ1) is 6.70. The lowest BCUT2D eigenvalue weighted by atomic mass is 10.4. The third-order valence-electron chi connectivity index (χ3n) is 1.01. The van der Waals surface area contributed by atoms with Crippen LogP contribution in [0.15, 0.2) is 13.2 Å². The molecule has 0 spiro atoms. The van der Waals surface area contributed by atoms with Crippen molar-refractivity contribution in [3.63, 3.8) is 0 Å². The Balaban J connectivity index is 0.000000162. The highest BCUT2D eigenvalue weighted by molar-refractivity contribution is 4.73. The number of ether oxygens (including phenoxy) is 1. The second-order valence-corrected chi connectivity index (χ2v) is 1.55. The first-order chi connectivity index (χ1) is 3.30. The average molecular weight is 100 g/mol. The molecule has 0 aromatic carbocycles. The number of epoxide rings is 1.